The number of ether oxygens (including phenoxy) is 1. The van der Waals surface area contributed by atoms with Gasteiger partial charge in [-0.15, -0.1) is 0 Å². The van der Waals surface area contributed by atoms with Crippen molar-refractivity contribution in [1.82, 2.24) is 30.0 Å². The molecule has 2 amide bonds. The first kappa shape index (κ1) is 24.6. The molecule has 1 atom stereocenters. The molecule has 11 heteroatoms. The molecule has 1 saturated heterocycles. The zero-order chi connectivity index (χ0) is 25.9. The van der Waals surface area contributed by atoms with Gasteiger partial charge in [-0.1, -0.05) is 0 Å². The molecule has 10 nitrogen and oxygen atoms in total. The number of amides is 2. The molecule has 1 aliphatic heterocycles. The third-order valence-electron chi connectivity index (χ3n) is 6.50. The van der Waals surface area contributed by atoms with Gasteiger partial charge in [0.2, 0.25) is 0 Å². The van der Waals surface area contributed by atoms with Crippen LogP contribution in [-0.2, 0) is 11.8 Å². The third kappa shape index (κ3) is 5.52. The number of anilines is 1. The minimum atomic E-state index is -0.637. The fourth-order valence-electron chi connectivity index (χ4n) is 4.43. The van der Waals surface area contributed by atoms with Crippen molar-refractivity contribution in [3.63, 3.8) is 0 Å². The molecule has 1 aromatic carbocycles. The van der Waals surface area contributed by atoms with Gasteiger partial charge in [0.15, 0.2) is 0 Å². The van der Waals surface area contributed by atoms with Gasteiger partial charge in [0.1, 0.15) is 11.5 Å². The summed E-state index contributed by atoms with van der Waals surface area (Å²) in [4.78, 5) is 35.3. The lowest BCUT2D eigenvalue weighted by molar-refractivity contribution is 0.0942. The fraction of sp³-hybridized carbons (Fsp3) is 0.308. The third-order valence-corrected chi connectivity index (χ3v) is 6.50. The molecule has 3 aromatic heterocycles. The van der Waals surface area contributed by atoms with Crippen LogP contribution in [-0.4, -0.2) is 75.9 Å². The lowest BCUT2D eigenvalue weighted by Gasteiger charge is -2.16. The minimum absolute atomic E-state index is 0.0784. The first-order valence-electron chi connectivity index (χ1n) is 12.0. The van der Waals surface area contributed by atoms with Gasteiger partial charge in [-0.05, 0) is 36.8 Å². The Labute approximate surface area is 212 Å². The summed E-state index contributed by atoms with van der Waals surface area (Å²) in [6.45, 7) is 2.92. The lowest BCUT2D eigenvalue weighted by atomic mass is 10.1. The number of halogens is 1. The normalized spacial score (nSPS) is 15.8. The topological polar surface area (TPSA) is 117 Å². The number of aryl methyl sites for hydroxylation is 1. The average Bonchev–Trinajstić information content (AvgIpc) is 3.64. The van der Waals surface area contributed by atoms with E-state index in [1.54, 1.807) is 24.1 Å². The van der Waals surface area contributed by atoms with Crippen LogP contribution in [0, 0.1) is 5.82 Å². The zero-order valence-corrected chi connectivity index (χ0v) is 20.6. The van der Waals surface area contributed by atoms with Gasteiger partial charge in [0.25, 0.3) is 11.8 Å². The Balaban J connectivity index is 1.23. The van der Waals surface area contributed by atoms with Crippen LogP contribution in [0.1, 0.15) is 27.1 Å². The molecule has 0 spiro atoms. The number of rotatable bonds is 8. The van der Waals surface area contributed by atoms with Gasteiger partial charge in [-0.3, -0.25) is 19.2 Å². The molecule has 4 heterocycles. The Hall–Kier alpha value is -4.09. The van der Waals surface area contributed by atoms with E-state index < -0.39 is 11.7 Å². The monoisotopic (exact) mass is 505 g/mol. The second kappa shape index (κ2) is 10.5. The van der Waals surface area contributed by atoms with Crippen LogP contribution < -0.4 is 10.6 Å². The summed E-state index contributed by atoms with van der Waals surface area (Å²) in [6.07, 6.45) is 6.22. The molecular weight excluding hydrogens is 477 g/mol. The first-order valence-corrected chi connectivity index (χ1v) is 12.0. The van der Waals surface area contributed by atoms with Crippen LogP contribution in [0.5, 0.6) is 0 Å². The summed E-state index contributed by atoms with van der Waals surface area (Å²) < 4.78 is 21.5. The number of carbonyl (C=O) groups excluding carboxylic acids is 2. The second-order valence-corrected chi connectivity index (χ2v) is 9.10. The Bertz CT molecular complexity index is 1450. The number of hydrogen-bond donors (Lipinski definition) is 3. The molecule has 0 aliphatic carbocycles. The van der Waals surface area contributed by atoms with E-state index in [1.807, 2.05) is 19.3 Å². The standard InChI is InChI=1S/C26H28FN7O3/c1-33-14-19(13-30-33)22-11-17-9-18(12-29-24(17)31-22)26(36)32-23-10-16(3-4-21(23)27)25(35)28-6-8-34-7-5-20(15-34)37-2/h3-4,9-14,20H,5-8,15H2,1-2H3,(H,28,35)(H,29,31)(H,32,36)/t20-/m0/s1. The number of likely N-dealkylation sites (tertiary alicyclic amines) is 1. The van der Waals surface area contributed by atoms with Crippen LogP contribution >= 0.6 is 0 Å². The Kier molecular flexibility index (Phi) is 6.97. The molecule has 37 heavy (non-hydrogen) atoms. The Morgan fingerprint density at radius 3 is 2.81 bits per heavy atom. The molecule has 1 fully saturated rings. The van der Waals surface area contributed by atoms with Gasteiger partial charge < -0.3 is 20.4 Å². The zero-order valence-electron chi connectivity index (χ0n) is 20.6. The smallest absolute Gasteiger partial charge is 0.257 e. The first-order chi connectivity index (χ1) is 17.9. The van der Waals surface area contributed by atoms with E-state index in [4.69, 9.17) is 4.74 Å². The Morgan fingerprint density at radius 1 is 1.19 bits per heavy atom. The van der Waals surface area contributed by atoms with Crippen LogP contribution in [0.3, 0.4) is 0 Å². The van der Waals surface area contributed by atoms with E-state index in [9.17, 15) is 14.0 Å². The summed E-state index contributed by atoms with van der Waals surface area (Å²) in [7, 11) is 3.53. The summed E-state index contributed by atoms with van der Waals surface area (Å²) in [6, 6.07) is 7.45. The number of nitrogens with zero attached hydrogens (tertiary/aromatic N) is 4. The van der Waals surface area contributed by atoms with Crippen LogP contribution in [0.15, 0.2) is 48.9 Å². The van der Waals surface area contributed by atoms with Gasteiger partial charge in [-0.25, -0.2) is 9.37 Å². The van der Waals surface area contributed by atoms with E-state index in [0.29, 0.717) is 18.7 Å². The molecule has 0 saturated carbocycles. The van der Waals surface area contributed by atoms with Crippen molar-refractivity contribution < 1.29 is 18.7 Å². The van der Waals surface area contributed by atoms with E-state index >= 15 is 0 Å². The molecule has 4 aromatic rings. The summed E-state index contributed by atoms with van der Waals surface area (Å²) in [5.74, 6) is -1.50. The SMILES string of the molecule is CO[C@H]1CCN(CCNC(=O)c2ccc(F)c(NC(=O)c3cnc4[nH]c(-c5cnn(C)c5)cc4c3)c2)C1. The number of H-pyrrole nitrogens is 1. The van der Waals surface area contributed by atoms with Crippen molar-refractivity contribution in [3.8, 4) is 11.3 Å². The molecule has 0 bridgehead atoms. The van der Waals surface area contributed by atoms with Gasteiger partial charge >= 0.3 is 0 Å². The van der Waals surface area contributed by atoms with E-state index in [2.05, 4.69) is 30.6 Å². The van der Waals surface area contributed by atoms with Crippen LogP contribution in [0.4, 0.5) is 10.1 Å². The molecule has 1 aliphatic rings. The van der Waals surface area contributed by atoms with Crippen molar-refractivity contribution in [2.45, 2.75) is 12.5 Å². The minimum Gasteiger partial charge on any atom is -0.380 e. The van der Waals surface area contributed by atoms with Crippen molar-refractivity contribution in [2.24, 2.45) is 7.05 Å². The predicted molar refractivity (Wildman–Crippen MR) is 137 cm³/mol. The quantitative estimate of drug-likeness (QED) is 0.339. The summed E-state index contributed by atoms with van der Waals surface area (Å²) in [5, 5.41) is 10.3. The maximum absolute atomic E-state index is 14.5. The second-order valence-electron chi connectivity index (χ2n) is 9.10. The molecule has 192 valence electrons. The molecule has 5 rings (SSSR count). The molecule has 0 radical (unpaired) electrons. The highest BCUT2D eigenvalue weighted by Crippen LogP contribution is 2.24. The van der Waals surface area contributed by atoms with Crippen molar-refractivity contribution in [1.29, 1.82) is 0 Å². The number of nitrogens with one attached hydrogen (secondary N) is 3. The number of carbonyl (C=O) groups is 2. The van der Waals surface area contributed by atoms with Gasteiger partial charge in [0.05, 0.1) is 29.2 Å². The van der Waals surface area contributed by atoms with E-state index in [1.165, 1.54) is 24.4 Å². The number of fused-ring (bicyclic) bond motifs is 1. The predicted octanol–water partition coefficient (Wildman–Crippen LogP) is 2.81. The van der Waals surface area contributed by atoms with Crippen molar-refractivity contribution in [2.75, 3.05) is 38.6 Å². The maximum atomic E-state index is 14.5. The maximum Gasteiger partial charge on any atom is 0.257 e. The highest BCUT2D eigenvalue weighted by atomic mass is 19.1. The van der Waals surface area contributed by atoms with Crippen molar-refractivity contribution >= 4 is 28.5 Å². The van der Waals surface area contributed by atoms with Gasteiger partial charge in [0, 0.05) is 69.2 Å². The van der Waals surface area contributed by atoms with Crippen LogP contribution in [0.25, 0.3) is 22.3 Å². The Morgan fingerprint density at radius 2 is 2.05 bits per heavy atom. The summed E-state index contributed by atoms with van der Waals surface area (Å²) >= 11 is 0. The number of pyridine rings is 1. The number of aromatic nitrogens is 4. The number of hydrogen-bond acceptors (Lipinski definition) is 6. The lowest BCUT2D eigenvalue weighted by Crippen LogP contribution is -2.34. The van der Waals surface area contributed by atoms with E-state index in [0.717, 1.165) is 36.2 Å². The number of methoxy groups -OCH3 is 1. The highest BCUT2D eigenvalue weighted by Gasteiger charge is 2.21. The van der Waals surface area contributed by atoms with E-state index in [-0.39, 0.29) is 28.8 Å². The average molecular weight is 506 g/mol. The number of benzene rings is 1. The largest absolute Gasteiger partial charge is 0.380 e. The molecule has 0 unspecified atom stereocenters. The molecule has 3 N–H and O–H groups in total. The van der Waals surface area contributed by atoms with Crippen LogP contribution in [0.2, 0.25) is 0 Å². The van der Waals surface area contributed by atoms with Crippen molar-refractivity contribution in [3.05, 3.63) is 65.9 Å². The van der Waals surface area contributed by atoms with Gasteiger partial charge in [-0.2, -0.15) is 5.10 Å². The summed E-state index contributed by atoms with van der Waals surface area (Å²) in [5.41, 5.74) is 2.77. The highest BCUT2D eigenvalue weighted by molar-refractivity contribution is 6.06. The molecular formula is C26H28FN7O3. The fourth-order valence-corrected chi connectivity index (χ4v) is 4.43. The number of aromatic amines is 1.